The molecular weight excluding hydrogens is 188 g/mol. The standard InChI is InChI=1S/C12H20N2O/c1-2-8-13-12(15)11-14-9-6-4-3-5-7-10-14/h1H,3-11H2,(H,13,15). The number of amides is 1. The predicted octanol–water partition coefficient (Wildman–Crippen LogP) is 1.00. The molecule has 0 aromatic heterocycles. The number of likely N-dealkylation sites (tertiary alicyclic amines) is 1. The number of carbonyl (C=O) groups excluding carboxylic acids is 1. The van der Waals surface area contributed by atoms with Crippen LogP contribution in [0.15, 0.2) is 0 Å². The molecule has 84 valence electrons. The number of hydrogen-bond donors (Lipinski definition) is 1. The molecule has 1 saturated heterocycles. The Morgan fingerprint density at radius 2 is 1.80 bits per heavy atom. The molecule has 1 rings (SSSR count). The monoisotopic (exact) mass is 208 g/mol. The van der Waals surface area contributed by atoms with Crippen LogP contribution in [0.5, 0.6) is 0 Å². The van der Waals surface area contributed by atoms with E-state index in [2.05, 4.69) is 16.1 Å². The van der Waals surface area contributed by atoms with E-state index in [1.165, 1.54) is 32.1 Å². The van der Waals surface area contributed by atoms with Crippen molar-refractivity contribution in [3.8, 4) is 12.3 Å². The Hall–Kier alpha value is -1.01. The van der Waals surface area contributed by atoms with Gasteiger partial charge >= 0.3 is 0 Å². The van der Waals surface area contributed by atoms with Crippen molar-refractivity contribution in [2.24, 2.45) is 0 Å². The van der Waals surface area contributed by atoms with Crippen molar-refractivity contribution in [3.05, 3.63) is 0 Å². The average molecular weight is 208 g/mol. The molecule has 3 heteroatoms. The molecule has 15 heavy (non-hydrogen) atoms. The van der Waals surface area contributed by atoms with Crippen LogP contribution in [0.4, 0.5) is 0 Å². The van der Waals surface area contributed by atoms with Crippen molar-refractivity contribution >= 4 is 5.91 Å². The van der Waals surface area contributed by atoms with Crippen LogP contribution >= 0.6 is 0 Å². The van der Waals surface area contributed by atoms with Gasteiger partial charge < -0.3 is 5.32 Å². The fourth-order valence-electron chi connectivity index (χ4n) is 1.88. The first-order chi connectivity index (χ1) is 7.33. The van der Waals surface area contributed by atoms with E-state index < -0.39 is 0 Å². The molecule has 3 nitrogen and oxygen atoms in total. The van der Waals surface area contributed by atoms with Gasteiger partial charge in [-0.15, -0.1) is 6.42 Å². The topological polar surface area (TPSA) is 32.3 Å². The van der Waals surface area contributed by atoms with Crippen molar-refractivity contribution in [2.45, 2.75) is 32.1 Å². The number of terminal acetylenes is 1. The van der Waals surface area contributed by atoms with Crippen molar-refractivity contribution in [2.75, 3.05) is 26.2 Å². The summed E-state index contributed by atoms with van der Waals surface area (Å²) in [6, 6.07) is 0. The number of carbonyl (C=O) groups is 1. The van der Waals surface area contributed by atoms with E-state index in [-0.39, 0.29) is 5.91 Å². The van der Waals surface area contributed by atoms with E-state index in [1.54, 1.807) is 0 Å². The molecule has 0 saturated carbocycles. The van der Waals surface area contributed by atoms with Gasteiger partial charge in [0.1, 0.15) is 0 Å². The van der Waals surface area contributed by atoms with E-state index in [4.69, 9.17) is 6.42 Å². The molecule has 0 atom stereocenters. The van der Waals surface area contributed by atoms with Gasteiger partial charge in [0.2, 0.25) is 5.91 Å². The highest BCUT2D eigenvalue weighted by Crippen LogP contribution is 2.09. The molecule has 1 fully saturated rings. The van der Waals surface area contributed by atoms with Gasteiger partial charge in [-0.05, 0) is 25.9 Å². The molecule has 0 aromatic carbocycles. The number of nitrogens with one attached hydrogen (secondary N) is 1. The van der Waals surface area contributed by atoms with Crippen molar-refractivity contribution < 1.29 is 4.79 Å². The first kappa shape index (κ1) is 12.1. The van der Waals surface area contributed by atoms with Crippen molar-refractivity contribution in [1.82, 2.24) is 10.2 Å². The Kier molecular flexibility index (Phi) is 5.87. The lowest BCUT2D eigenvalue weighted by atomic mass is 10.1. The average Bonchev–Trinajstić information content (AvgIpc) is 2.19. The summed E-state index contributed by atoms with van der Waals surface area (Å²) in [6.45, 7) is 2.93. The predicted molar refractivity (Wildman–Crippen MR) is 61.4 cm³/mol. The number of nitrogens with zero attached hydrogens (tertiary/aromatic N) is 1. The summed E-state index contributed by atoms with van der Waals surface area (Å²) >= 11 is 0. The molecule has 1 amide bonds. The minimum atomic E-state index is 0.0496. The van der Waals surface area contributed by atoms with Gasteiger partial charge in [0.15, 0.2) is 0 Å². The third-order valence-electron chi connectivity index (χ3n) is 2.70. The third kappa shape index (κ3) is 5.44. The van der Waals surface area contributed by atoms with Crippen LogP contribution in [0, 0.1) is 12.3 Å². The normalized spacial score (nSPS) is 18.6. The largest absolute Gasteiger partial charge is 0.344 e. The van der Waals surface area contributed by atoms with E-state index in [0.717, 1.165) is 13.1 Å². The Balaban J connectivity index is 2.22. The van der Waals surface area contributed by atoms with Gasteiger partial charge in [-0.2, -0.15) is 0 Å². The van der Waals surface area contributed by atoms with Crippen LogP contribution in [0.25, 0.3) is 0 Å². The lowest BCUT2D eigenvalue weighted by Crippen LogP contribution is -2.38. The molecule has 1 aliphatic heterocycles. The minimum Gasteiger partial charge on any atom is -0.344 e. The van der Waals surface area contributed by atoms with E-state index in [0.29, 0.717) is 13.1 Å². The molecule has 0 bridgehead atoms. The third-order valence-corrected chi connectivity index (χ3v) is 2.70. The van der Waals surface area contributed by atoms with Gasteiger partial charge in [-0.3, -0.25) is 9.69 Å². The molecule has 0 spiro atoms. The highest BCUT2D eigenvalue weighted by Gasteiger charge is 2.11. The highest BCUT2D eigenvalue weighted by atomic mass is 16.2. The second-order valence-electron chi connectivity index (χ2n) is 4.02. The van der Waals surface area contributed by atoms with Crippen molar-refractivity contribution in [1.29, 1.82) is 0 Å². The summed E-state index contributed by atoms with van der Waals surface area (Å²) < 4.78 is 0. The smallest absolute Gasteiger partial charge is 0.234 e. The molecule has 0 aliphatic carbocycles. The zero-order valence-corrected chi connectivity index (χ0v) is 9.30. The second kappa shape index (κ2) is 7.30. The Morgan fingerprint density at radius 1 is 1.20 bits per heavy atom. The Bertz CT molecular complexity index is 224. The molecule has 0 unspecified atom stereocenters. The fraction of sp³-hybridized carbons (Fsp3) is 0.750. The maximum atomic E-state index is 11.4. The summed E-state index contributed by atoms with van der Waals surface area (Å²) in [4.78, 5) is 13.6. The van der Waals surface area contributed by atoms with Gasteiger partial charge in [-0.1, -0.05) is 25.2 Å². The molecule has 1 N–H and O–H groups in total. The van der Waals surface area contributed by atoms with Crippen LogP contribution in [0.2, 0.25) is 0 Å². The maximum absolute atomic E-state index is 11.4. The van der Waals surface area contributed by atoms with E-state index >= 15 is 0 Å². The summed E-state index contributed by atoms with van der Waals surface area (Å²) in [6.07, 6.45) is 11.4. The van der Waals surface area contributed by atoms with Gasteiger partial charge in [0, 0.05) is 0 Å². The van der Waals surface area contributed by atoms with Crippen LogP contribution in [-0.2, 0) is 4.79 Å². The minimum absolute atomic E-state index is 0.0496. The fourth-order valence-corrected chi connectivity index (χ4v) is 1.88. The summed E-state index contributed by atoms with van der Waals surface area (Å²) in [5, 5.41) is 2.70. The second-order valence-corrected chi connectivity index (χ2v) is 4.02. The molecule has 1 aliphatic rings. The van der Waals surface area contributed by atoms with Gasteiger partial charge in [0.25, 0.3) is 0 Å². The summed E-state index contributed by atoms with van der Waals surface area (Å²) in [5.74, 6) is 2.46. The first-order valence-corrected chi connectivity index (χ1v) is 5.75. The van der Waals surface area contributed by atoms with Crippen LogP contribution < -0.4 is 5.32 Å². The molecule has 0 aromatic rings. The van der Waals surface area contributed by atoms with Gasteiger partial charge in [-0.25, -0.2) is 0 Å². The maximum Gasteiger partial charge on any atom is 0.234 e. The quantitative estimate of drug-likeness (QED) is 0.702. The summed E-state index contributed by atoms with van der Waals surface area (Å²) in [5.41, 5.74) is 0. The Labute approximate surface area is 92.2 Å². The first-order valence-electron chi connectivity index (χ1n) is 5.75. The molecule has 1 heterocycles. The van der Waals surface area contributed by atoms with Crippen LogP contribution in [-0.4, -0.2) is 37.0 Å². The zero-order chi connectivity index (χ0) is 10.9. The summed E-state index contributed by atoms with van der Waals surface area (Å²) in [7, 11) is 0. The Morgan fingerprint density at radius 3 is 2.40 bits per heavy atom. The molecular formula is C12H20N2O. The number of hydrogen-bond acceptors (Lipinski definition) is 2. The molecule has 0 radical (unpaired) electrons. The van der Waals surface area contributed by atoms with E-state index in [1.807, 2.05) is 0 Å². The lowest BCUT2D eigenvalue weighted by Gasteiger charge is -2.23. The van der Waals surface area contributed by atoms with E-state index in [9.17, 15) is 4.79 Å². The van der Waals surface area contributed by atoms with Crippen LogP contribution in [0.1, 0.15) is 32.1 Å². The SMILES string of the molecule is C#CCNC(=O)CN1CCCCCCC1. The zero-order valence-electron chi connectivity index (χ0n) is 9.30. The number of rotatable bonds is 3. The van der Waals surface area contributed by atoms with Crippen LogP contribution in [0.3, 0.4) is 0 Å². The van der Waals surface area contributed by atoms with Gasteiger partial charge in [0.05, 0.1) is 13.1 Å². The highest BCUT2D eigenvalue weighted by molar-refractivity contribution is 5.78. The van der Waals surface area contributed by atoms with Crippen molar-refractivity contribution in [3.63, 3.8) is 0 Å². The lowest BCUT2D eigenvalue weighted by molar-refractivity contribution is -0.122.